The summed E-state index contributed by atoms with van der Waals surface area (Å²) in [4.78, 5) is 18.6. The SMILES string of the molecule is CCNC(=NCC(CC)(CC)CCO)NCCC(C)N(C)C(=O)OC(C)(C)C. The number of aliphatic imine (C=N–C) groups is 1. The zero-order valence-electron chi connectivity index (χ0n) is 19.4. The fourth-order valence-corrected chi connectivity index (χ4v) is 2.84. The van der Waals surface area contributed by atoms with Gasteiger partial charge in [-0.2, -0.15) is 0 Å². The number of amides is 1. The number of aliphatic hydroxyl groups is 1. The normalized spacial score (nSPS) is 13.8. The maximum Gasteiger partial charge on any atom is 0.410 e. The lowest BCUT2D eigenvalue weighted by Crippen LogP contribution is -2.43. The Morgan fingerprint density at radius 3 is 2.25 bits per heavy atom. The predicted octanol–water partition coefficient (Wildman–Crippen LogP) is 3.38. The molecule has 0 radical (unpaired) electrons. The molecular formula is C21H44N4O3. The van der Waals surface area contributed by atoms with E-state index in [-0.39, 0.29) is 24.2 Å². The number of guanidine groups is 1. The van der Waals surface area contributed by atoms with Crippen molar-refractivity contribution in [3.8, 4) is 0 Å². The third-order valence-electron chi connectivity index (χ3n) is 5.26. The van der Waals surface area contributed by atoms with Crippen LogP contribution in [0.25, 0.3) is 0 Å². The van der Waals surface area contributed by atoms with Crippen LogP contribution in [0.15, 0.2) is 4.99 Å². The van der Waals surface area contributed by atoms with Crippen molar-refractivity contribution >= 4 is 12.1 Å². The van der Waals surface area contributed by atoms with Gasteiger partial charge in [-0.25, -0.2) is 4.79 Å². The third-order valence-corrected chi connectivity index (χ3v) is 5.26. The molecule has 0 aliphatic heterocycles. The number of hydrogen-bond donors (Lipinski definition) is 3. The summed E-state index contributed by atoms with van der Waals surface area (Å²) in [7, 11) is 1.77. The molecule has 1 unspecified atom stereocenters. The first kappa shape index (κ1) is 26.5. The van der Waals surface area contributed by atoms with E-state index in [9.17, 15) is 9.90 Å². The topological polar surface area (TPSA) is 86.2 Å². The van der Waals surface area contributed by atoms with Crippen molar-refractivity contribution in [2.24, 2.45) is 10.4 Å². The molecule has 166 valence electrons. The minimum absolute atomic E-state index is 0.0430. The molecule has 0 aliphatic rings. The molecule has 0 saturated heterocycles. The monoisotopic (exact) mass is 400 g/mol. The van der Waals surface area contributed by atoms with Crippen molar-refractivity contribution in [3.63, 3.8) is 0 Å². The van der Waals surface area contributed by atoms with Crippen LogP contribution in [0.4, 0.5) is 4.79 Å². The number of rotatable bonds is 11. The first-order valence-electron chi connectivity index (χ1n) is 10.6. The predicted molar refractivity (Wildman–Crippen MR) is 117 cm³/mol. The second-order valence-corrected chi connectivity index (χ2v) is 8.53. The van der Waals surface area contributed by atoms with Gasteiger partial charge in [0.1, 0.15) is 5.60 Å². The molecule has 1 atom stereocenters. The summed E-state index contributed by atoms with van der Waals surface area (Å²) in [6.45, 7) is 16.3. The molecule has 0 aliphatic carbocycles. The highest BCUT2D eigenvalue weighted by molar-refractivity contribution is 5.79. The molecule has 0 saturated carbocycles. The Labute approximate surface area is 172 Å². The van der Waals surface area contributed by atoms with E-state index in [4.69, 9.17) is 9.73 Å². The van der Waals surface area contributed by atoms with E-state index in [0.29, 0.717) is 13.1 Å². The van der Waals surface area contributed by atoms with Gasteiger partial charge in [-0.3, -0.25) is 4.99 Å². The zero-order chi connectivity index (χ0) is 21.8. The van der Waals surface area contributed by atoms with Crippen LogP contribution in [-0.4, -0.2) is 67.0 Å². The molecule has 3 N–H and O–H groups in total. The second kappa shape index (κ2) is 12.9. The molecule has 0 aromatic carbocycles. The Hall–Kier alpha value is -1.50. The van der Waals surface area contributed by atoms with Gasteiger partial charge in [-0.05, 0) is 65.7 Å². The smallest absolute Gasteiger partial charge is 0.410 e. The third kappa shape index (κ3) is 10.2. The Morgan fingerprint density at radius 1 is 1.18 bits per heavy atom. The van der Waals surface area contributed by atoms with Crippen molar-refractivity contribution in [1.29, 1.82) is 0 Å². The Kier molecular flexibility index (Phi) is 12.2. The molecule has 0 heterocycles. The Morgan fingerprint density at radius 2 is 1.79 bits per heavy atom. The molecule has 0 bridgehead atoms. The number of carbonyl (C=O) groups is 1. The number of nitrogens with one attached hydrogen (secondary N) is 2. The number of ether oxygens (including phenoxy) is 1. The quantitative estimate of drug-likeness (QED) is 0.366. The summed E-state index contributed by atoms with van der Waals surface area (Å²) in [5, 5.41) is 16.0. The van der Waals surface area contributed by atoms with Crippen molar-refractivity contribution in [3.05, 3.63) is 0 Å². The van der Waals surface area contributed by atoms with Gasteiger partial charge in [0.25, 0.3) is 0 Å². The molecule has 0 aromatic rings. The summed E-state index contributed by atoms with van der Waals surface area (Å²) in [5.74, 6) is 0.777. The van der Waals surface area contributed by atoms with Crippen molar-refractivity contribution in [1.82, 2.24) is 15.5 Å². The number of aliphatic hydroxyl groups excluding tert-OH is 1. The molecular weight excluding hydrogens is 356 g/mol. The summed E-state index contributed by atoms with van der Waals surface area (Å²) >= 11 is 0. The van der Waals surface area contributed by atoms with Crippen LogP contribution in [0, 0.1) is 5.41 Å². The van der Waals surface area contributed by atoms with Crippen LogP contribution in [-0.2, 0) is 4.74 Å². The summed E-state index contributed by atoms with van der Waals surface area (Å²) < 4.78 is 5.42. The number of nitrogens with zero attached hydrogens (tertiary/aromatic N) is 2. The fraction of sp³-hybridized carbons (Fsp3) is 0.905. The Bertz CT molecular complexity index is 471. The highest BCUT2D eigenvalue weighted by atomic mass is 16.6. The summed E-state index contributed by atoms with van der Waals surface area (Å²) in [6.07, 6.45) is 3.22. The van der Waals surface area contributed by atoms with Crippen LogP contribution in [0.1, 0.15) is 74.1 Å². The average Bonchev–Trinajstić information content (AvgIpc) is 2.62. The van der Waals surface area contributed by atoms with E-state index in [1.165, 1.54) is 0 Å². The van der Waals surface area contributed by atoms with E-state index in [0.717, 1.165) is 38.2 Å². The highest BCUT2D eigenvalue weighted by Crippen LogP contribution is 2.30. The van der Waals surface area contributed by atoms with Gasteiger partial charge in [0.05, 0.1) is 0 Å². The van der Waals surface area contributed by atoms with Crippen LogP contribution >= 0.6 is 0 Å². The van der Waals surface area contributed by atoms with Crippen molar-refractivity contribution in [2.75, 3.05) is 33.3 Å². The van der Waals surface area contributed by atoms with Gasteiger partial charge in [-0.1, -0.05) is 13.8 Å². The molecule has 1 amide bonds. The van der Waals surface area contributed by atoms with Crippen LogP contribution < -0.4 is 10.6 Å². The van der Waals surface area contributed by atoms with E-state index >= 15 is 0 Å². The van der Waals surface area contributed by atoms with Crippen molar-refractivity contribution in [2.45, 2.75) is 85.8 Å². The number of carbonyl (C=O) groups excluding carboxylic acids is 1. The van der Waals surface area contributed by atoms with E-state index < -0.39 is 5.60 Å². The van der Waals surface area contributed by atoms with Gasteiger partial charge in [0.2, 0.25) is 0 Å². The second-order valence-electron chi connectivity index (χ2n) is 8.53. The fourth-order valence-electron chi connectivity index (χ4n) is 2.84. The van der Waals surface area contributed by atoms with Crippen LogP contribution in [0.2, 0.25) is 0 Å². The standard InChI is InChI=1S/C21H44N4O3/c1-9-21(10-2,13-15-26)16-24-18(22-11-3)23-14-12-17(4)25(8)19(27)28-20(5,6)7/h17,26H,9-16H2,1-8H3,(H2,22,23,24). The molecule has 0 rings (SSSR count). The van der Waals surface area contributed by atoms with E-state index in [2.05, 4.69) is 24.5 Å². The average molecular weight is 401 g/mol. The maximum absolute atomic E-state index is 12.2. The lowest BCUT2D eigenvalue weighted by molar-refractivity contribution is 0.0230. The first-order chi connectivity index (χ1) is 13.0. The first-order valence-corrected chi connectivity index (χ1v) is 10.6. The molecule has 7 nitrogen and oxygen atoms in total. The van der Waals surface area contributed by atoms with Gasteiger partial charge in [-0.15, -0.1) is 0 Å². The lowest BCUT2D eigenvalue weighted by atomic mass is 9.79. The van der Waals surface area contributed by atoms with Gasteiger partial charge in [0, 0.05) is 39.3 Å². The molecule has 0 aromatic heterocycles. The minimum Gasteiger partial charge on any atom is -0.444 e. The summed E-state index contributed by atoms with van der Waals surface area (Å²) in [5.41, 5.74) is -0.449. The van der Waals surface area contributed by atoms with Crippen molar-refractivity contribution < 1.29 is 14.6 Å². The highest BCUT2D eigenvalue weighted by Gasteiger charge is 2.25. The summed E-state index contributed by atoms with van der Waals surface area (Å²) in [6, 6.07) is 0.0463. The zero-order valence-corrected chi connectivity index (χ0v) is 19.4. The molecule has 28 heavy (non-hydrogen) atoms. The van der Waals surface area contributed by atoms with Gasteiger partial charge in [0.15, 0.2) is 5.96 Å². The minimum atomic E-state index is -0.492. The lowest BCUT2D eigenvalue weighted by Gasteiger charge is -2.30. The van der Waals surface area contributed by atoms with Crippen LogP contribution in [0.3, 0.4) is 0 Å². The van der Waals surface area contributed by atoms with Crippen LogP contribution in [0.5, 0.6) is 0 Å². The van der Waals surface area contributed by atoms with Gasteiger partial charge < -0.3 is 25.4 Å². The van der Waals surface area contributed by atoms with E-state index in [1.807, 2.05) is 34.6 Å². The molecule has 0 spiro atoms. The Balaban J connectivity index is 4.72. The number of hydrogen-bond acceptors (Lipinski definition) is 4. The largest absolute Gasteiger partial charge is 0.444 e. The molecule has 7 heteroatoms. The molecule has 0 fully saturated rings. The van der Waals surface area contributed by atoms with Gasteiger partial charge >= 0.3 is 6.09 Å². The maximum atomic E-state index is 12.2. The van der Waals surface area contributed by atoms with E-state index in [1.54, 1.807) is 11.9 Å².